The third kappa shape index (κ3) is 4.86. The Balaban J connectivity index is 2.36. The fourth-order valence-electron chi connectivity index (χ4n) is 1.59. The van der Waals surface area contributed by atoms with Crippen LogP contribution in [-0.2, 0) is 6.42 Å². The van der Waals surface area contributed by atoms with Crippen LogP contribution in [0.1, 0.15) is 35.8 Å². The second-order valence-corrected chi connectivity index (χ2v) is 4.94. The molecular formula is C12H19N3O3S. The number of nitrogens with one attached hydrogen (secondary N) is 1. The molecule has 0 spiro atoms. The third-order valence-corrected chi connectivity index (χ3v) is 3.46. The van der Waals surface area contributed by atoms with Crippen molar-refractivity contribution in [3.8, 4) is 0 Å². The molecule has 0 atom stereocenters. The molecule has 1 heterocycles. The summed E-state index contributed by atoms with van der Waals surface area (Å²) in [4.78, 5) is 28.1. The molecule has 0 aliphatic rings. The van der Waals surface area contributed by atoms with E-state index in [-0.39, 0.29) is 11.7 Å². The number of rotatable bonds is 7. The number of thiazole rings is 1. The molecular weight excluding hydrogens is 266 g/mol. The summed E-state index contributed by atoms with van der Waals surface area (Å²) in [5.74, 6) is -1.02. The van der Waals surface area contributed by atoms with E-state index in [2.05, 4.69) is 10.3 Å². The molecule has 0 fully saturated rings. The minimum Gasteiger partial charge on any atom is -0.476 e. The van der Waals surface area contributed by atoms with E-state index in [4.69, 9.17) is 5.11 Å². The van der Waals surface area contributed by atoms with E-state index in [1.807, 2.05) is 13.8 Å². The minimum absolute atomic E-state index is 0.0625. The van der Waals surface area contributed by atoms with E-state index in [0.29, 0.717) is 19.5 Å². The maximum atomic E-state index is 11.8. The maximum Gasteiger partial charge on any atom is 0.355 e. The van der Waals surface area contributed by atoms with Crippen molar-refractivity contribution in [3.05, 3.63) is 16.1 Å². The van der Waals surface area contributed by atoms with Gasteiger partial charge in [-0.2, -0.15) is 0 Å². The summed E-state index contributed by atoms with van der Waals surface area (Å²) in [6.45, 7) is 5.85. The molecule has 1 rings (SSSR count). The summed E-state index contributed by atoms with van der Waals surface area (Å²) < 4.78 is 0. The Morgan fingerprint density at radius 2 is 2.21 bits per heavy atom. The number of aromatic nitrogens is 1. The lowest BCUT2D eigenvalue weighted by Crippen LogP contribution is -2.41. The van der Waals surface area contributed by atoms with Crippen LogP contribution in [0.25, 0.3) is 0 Å². The quantitative estimate of drug-likeness (QED) is 0.800. The number of aromatic carboxylic acids is 1. The minimum atomic E-state index is -1.02. The van der Waals surface area contributed by atoms with Gasteiger partial charge < -0.3 is 15.3 Å². The van der Waals surface area contributed by atoms with Crippen LogP contribution >= 0.6 is 11.3 Å². The van der Waals surface area contributed by atoms with Crippen LogP contribution in [0.15, 0.2) is 5.38 Å². The van der Waals surface area contributed by atoms with Gasteiger partial charge in [-0.3, -0.25) is 0 Å². The van der Waals surface area contributed by atoms with E-state index in [1.54, 1.807) is 4.90 Å². The smallest absolute Gasteiger partial charge is 0.355 e. The van der Waals surface area contributed by atoms with E-state index >= 15 is 0 Å². The highest BCUT2D eigenvalue weighted by Crippen LogP contribution is 2.09. The van der Waals surface area contributed by atoms with Gasteiger partial charge in [-0.25, -0.2) is 14.6 Å². The lowest BCUT2D eigenvalue weighted by Gasteiger charge is -2.20. The van der Waals surface area contributed by atoms with Crippen molar-refractivity contribution >= 4 is 23.3 Å². The molecule has 0 aliphatic carbocycles. The Kier molecular flexibility index (Phi) is 6.27. The van der Waals surface area contributed by atoms with Gasteiger partial charge in [-0.05, 0) is 13.3 Å². The highest BCUT2D eigenvalue weighted by Gasteiger charge is 2.11. The molecule has 0 unspecified atom stereocenters. The van der Waals surface area contributed by atoms with Gasteiger partial charge in [0.25, 0.3) is 0 Å². The van der Waals surface area contributed by atoms with Gasteiger partial charge in [0.05, 0.1) is 5.01 Å². The second kappa shape index (κ2) is 7.73. The van der Waals surface area contributed by atoms with Gasteiger partial charge in [-0.15, -0.1) is 11.3 Å². The number of carboxylic acids is 1. The largest absolute Gasteiger partial charge is 0.476 e. The fourth-order valence-corrected chi connectivity index (χ4v) is 2.36. The van der Waals surface area contributed by atoms with E-state index in [9.17, 15) is 9.59 Å². The van der Waals surface area contributed by atoms with Crippen LogP contribution in [0.4, 0.5) is 4.79 Å². The van der Waals surface area contributed by atoms with Gasteiger partial charge >= 0.3 is 12.0 Å². The van der Waals surface area contributed by atoms with Crippen molar-refractivity contribution < 1.29 is 14.7 Å². The molecule has 0 aliphatic heterocycles. The van der Waals surface area contributed by atoms with Gasteiger partial charge in [0.1, 0.15) is 0 Å². The number of amides is 2. The molecule has 2 N–H and O–H groups in total. The normalized spacial score (nSPS) is 10.2. The zero-order valence-electron chi connectivity index (χ0n) is 11.2. The first-order valence-electron chi connectivity index (χ1n) is 6.28. The number of carbonyl (C=O) groups excluding carboxylic acids is 1. The predicted molar refractivity (Wildman–Crippen MR) is 73.7 cm³/mol. The summed E-state index contributed by atoms with van der Waals surface area (Å²) in [5, 5.41) is 13.8. The monoisotopic (exact) mass is 285 g/mol. The number of nitrogens with zero attached hydrogens (tertiary/aromatic N) is 2. The second-order valence-electron chi connectivity index (χ2n) is 3.99. The maximum absolute atomic E-state index is 11.8. The number of hydrogen-bond acceptors (Lipinski definition) is 4. The van der Waals surface area contributed by atoms with Crippen LogP contribution in [-0.4, -0.2) is 46.6 Å². The van der Waals surface area contributed by atoms with Crippen molar-refractivity contribution in [3.63, 3.8) is 0 Å². The summed E-state index contributed by atoms with van der Waals surface area (Å²) in [6, 6.07) is -0.0839. The Bertz CT molecular complexity index is 434. The standard InChI is InChI=1S/C12H19N3O3S/c1-3-7-15(4-2)12(18)13-6-5-10-14-9(8-19-10)11(16)17/h8H,3-7H2,1-2H3,(H,13,18)(H,16,17). The van der Waals surface area contributed by atoms with Crippen LogP contribution in [0, 0.1) is 0 Å². The number of carbonyl (C=O) groups is 2. The molecule has 0 saturated heterocycles. The first-order chi connectivity index (χ1) is 9.08. The van der Waals surface area contributed by atoms with Gasteiger partial charge in [0, 0.05) is 31.4 Å². The Morgan fingerprint density at radius 3 is 2.74 bits per heavy atom. The number of urea groups is 1. The molecule has 0 aromatic carbocycles. The van der Waals surface area contributed by atoms with E-state index < -0.39 is 5.97 Å². The van der Waals surface area contributed by atoms with Crippen molar-refractivity contribution in [2.24, 2.45) is 0 Å². The Hall–Kier alpha value is -1.63. The summed E-state index contributed by atoms with van der Waals surface area (Å²) in [7, 11) is 0. The molecule has 1 aromatic rings. The first-order valence-corrected chi connectivity index (χ1v) is 7.16. The lowest BCUT2D eigenvalue weighted by molar-refractivity contribution is 0.0691. The summed E-state index contributed by atoms with van der Waals surface area (Å²) in [6.07, 6.45) is 1.48. The number of carboxylic acid groups (broad SMARTS) is 1. The van der Waals surface area contributed by atoms with E-state index in [0.717, 1.165) is 18.0 Å². The predicted octanol–water partition coefficient (Wildman–Crippen LogP) is 1.83. The topological polar surface area (TPSA) is 82.5 Å². The third-order valence-electron chi connectivity index (χ3n) is 2.55. The lowest BCUT2D eigenvalue weighted by atomic mass is 10.4. The van der Waals surface area contributed by atoms with Crippen LogP contribution < -0.4 is 5.32 Å². The Morgan fingerprint density at radius 1 is 1.47 bits per heavy atom. The Labute approximate surface area is 116 Å². The van der Waals surface area contributed by atoms with Crippen molar-refractivity contribution in [1.29, 1.82) is 0 Å². The van der Waals surface area contributed by atoms with Gasteiger partial charge in [0.15, 0.2) is 5.69 Å². The molecule has 1 aromatic heterocycles. The molecule has 0 bridgehead atoms. The van der Waals surface area contributed by atoms with Gasteiger partial charge in [-0.1, -0.05) is 6.92 Å². The fraction of sp³-hybridized carbons (Fsp3) is 0.583. The van der Waals surface area contributed by atoms with Crippen LogP contribution in [0.2, 0.25) is 0 Å². The van der Waals surface area contributed by atoms with E-state index in [1.165, 1.54) is 16.7 Å². The average Bonchev–Trinajstić information content (AvgIpc) is 2.84. The summed E-state index contributed by atoms with van der Waals surface area (Å²) >= 11 is 1.30. The molecule has 7 heteroatoms. The average molecular weight is 285 g/mol. The molecule has 6 nitrogen and oxygen atoms in total. The highest BCUT2D eigenvalue weighted by molar-refractivity contribution is 7.09. The first kappa shape index (κ1) is 15.4. The van der Waals surface area contributed by atoms with Crippen molar-refractivity contribution in [2.45, 2.75) is 26.7 Å². The number of hydrogen-bond donors (Lipinski definition) is 2. The zero-order valence-corrected chi connectivity index (χ0v) is 12.0. The zero-order chi connectivity index (χ0) is 14.3. The van der Waals surface area contributed by atoms with Gasteiger partial charge in [0.2, 0.25) is 0 Å². The summed E-state index contributed by atoms with van der Waals surface area (Å²) in [5.41, 5.74) is 0.0625. The molecule has 2 amide bonds. The van der Waals surface area contributed by atoms with Crippen molar-refractivity contribution in [1.82, 2.24) is 15.2 Å². The van der Waals surface area contributed by atoms with Crippen LogP contribution in [0.3, 0.4) is 0 Å². The molecule has 0 radical (unpaired) electrons. The van der Waals surface area contributed by atoms with Crippen molar-refractivity contribution in [2.75, 3.05) is 19.6 Å². The van der Waals surface area contributed by atoms with Crippen LogP contribution in [0.5, 0.6) is 0 Å². The molecule has 0 saturated carbocycles. The molecule has 19 heavy (non-hydrogen) atoms. The highest BCUT2D eigenvalue weighted by atomic mass is 32.1. The molecule has 106 valence electrons. The SMILES string of the molecule is CCCN(CC)C(=O)NCCc1nc(C(=O)O)cs1.